The number of methoxy groups -OCH3 is 1. The molecule has 0 saturated heterocycles. The summed E-state index contributed by atoms with van der Waals surface area (Å²) < 4.78 is 28.9. The maximum absolute atomic E-state index is 12.0. The first kappa shape index (κ1) is 13.5. The van der Waals surface area contributed by atoms with Crippen molar-refractivity contribution in [2.75, 3.05) is 32.6 Å². The van der Waals surface area contributed by atoms with Crippen LogP contribution in [0.15, 0.2) is 29.2 Å². The number of nitrogens with one attached hydrogen (secondary N) is 1. The smallest absolute Gasteiger partial charge is 0.178 e. The lowest BCUT2D eigenvalue weighted by atomic mass is 9.96. The first-order valence-corrected chi connectivity index (χ1v) is 7.81. The molecule has 0 aromatic heterocycles. The van der Waals surface area contributed by atoms with Gasteiger partial charge in [0, 0.05) is 20.2 Å². The highest BCUT2D eigenvalue weighted by Crippen LogP contribution is 2.32. The van der Waals surface area contributed by atoms with Crippen molar-refractivity contribution in [3.8, 4) is 0 Å². The molecule has 1 atom stereocenters. The molecule has 1 unspecified atom stereocenters. The van der Waals surface area contributed by atoms with Gasteiger partial charge in [-0.25, -0.2) is 8.42 Å². The molecule has 0 saturated carbocycles. The summed E-state index contributed by atoms with van der Waals surface area (Å²) >= 11 is 0. The van der Waals surface area contributed by atoms with Gasteiger partial charge in [0.1, 0.15) is 0 Å². The van der Waals surface area contributed by atoms with Crippen LogP contribution in [0.5, 0.6) is 0 Å². The normalized spacial score (nSPS) is 21.5. The van der Waals surface area contributed by atoms with Crippen LogP contribution < -0.4 is 5.32 Å². The lowest BCUT2D eigenvalue weighted by Crippen LogP contribution is -2.29. The van der Waals surface area contributed by atoms with Gasteiger partial charge in [0.05, 0.1) is 17.3 Å². The monoisotopic (exact) mass is 269 g/mol. The van der Waals surface area contributed by atoms with Crippen LogP contribution in [0.25, 0.3) is 0 Å². The van der Waals surface area contributed by atoms with Crippen LogP contribution in [-0.2, 0) is 14.6 Å². The summed E-state index contributed by atoms with van der Waals surface area (Å²) in [6.45, 7) is 2.27. The fourth-order valence-electron chi connectivity index (χ4n) is 2.33. The zero-order valence-corrected chi connectivity index (χ0v) is 11.4. The summed E-state index contributed by atoms with van der Waals surface area (Å²) in [7, 11) is -1.39. The third-order valence-corrected chi connectivity index (χ3v) is 5.12. The second-order valence-electron chi connectivity index (χ2n) is 4.54. The molecule has 18 heavy (non-hydrogen) atoms. The second kappa shape index (κ2) is 5.82. The minimum absolute atomic E-state index is 0.251. The number of rotatable bonds is 5. The van der Waals surface area contributed by atoms with Gasteiger partial charge in [0.15, 0.2) is 9.84 Å². The average molecular weight is 269 g/mol. The van der Waals surface area contributed by atoms with Gasteiger partial charge in [-0.1, -0.05) is 18.2 Å². The van der Waals surface area contributed by atoms with Gasteiger partial charge < -0.3 is 10.1 Å². The summed E-state index contributed by atoms with van der Waals surface area (Å²) in [6.07, 6.45) is 0.694. The molecule has 1 aromatic carbocycles. The Balaban J connectivity index is 2.11. The van der Waals surface area contributed by atoms with Crippen LogP contribution in [0, 0.1) is 0 Å². The van der Waals surface area contributed by atoms with Crippen molar-refractivity contribution in [2.45, 2.75) is 17.2 Å². The predicted molar refractivity (Wildman–Crippen MR) is 70.6 cm³/mol. The Morgan fingerprint density at radius 1 is 1.39 bits per heavy atom. The number of sulfone groups is 1. The predicted octanol–water partition coefficient (Wildman–Crippen LogP) is 1.18. The third kappa shape index (κ3) is 2.91. The van der Waals surface area contributed by atoms with E-state index in [0.29, 0.717) is 17.9 Å². The lowest BCUT2D eigenvalue weighted by Gasteiger charge is -2.25. The van der Waals surface area contributed by atoms with Gasteiger partial charge in [-0.2, -0.15) is 0 Å². The van der Waals surface area contributed by atoms with Gasteiger partial charge in [-0.05, 0) is 24.0 Å². The Bertz CT molecular complexity index is 499. The Morgan fingerprint density at radius 2 is 2.17 bits per heavy atom. The molecule has 100 valence electrons. The van der Waals surface area contributed by atoms with E-state index in [1.165, 1.54) is 0 Å². The summed E-state index contributed by atoms with van der Waals surface area (Å²) in [5, 5.41) is 3.30. The van der Waals surface area contributed by atoms with E-state index in [1.54, 1.807) is 19.2 Å². The molecule has 0 aliphatic carbocycles. The fourth-order valence-corrected chi connectivity index (χ4v) is 4.02. The van der Waals surface area contributed by atoms with E-state index in [1.807, 2.05) is 12.1 Å². The highest BCUT2D eigenvalue weighted by Gasteiger charge is 2.29. The molecule has 5 heteroatoms. The van der Waals surface area contributed by atoms with E-state index in [4.69, 9.17) is 4.74 Å². The Morgan fingerprint density at radius 3 is 2.94 bits per heavy atom. The van der Waals surface area contributed by atoms with Crippen LogP contribution in [0.4, 0.5) is 0 Å². The molecule has 4 nitrogen and oxygen atoms in total. The van der Waals surface area contributed by atoms with E-state index < -0.39 is 9.84 Å². The van der Waals surface area contributed by atoms with E-state index >= 15 is 0 Å². The molecule has 1 aliphatic rings. The minimum Gasteiger partial charge on any atom is -0.383 e. The molecular weight excluding hydrogens is 250 g/mol. The van der Waals surface area contributed by atoms with Crippen LogP contribution in [0.1, 0.15) is 17.9 Å². The largest absolute Gasteiger partial charge is 0.383 e. The molecule has 1 aromatic rings. The molecular formula is C13H19NO3S. The van der Waals surface area contributed by atoms with Crippen molar-refractivity contribution in [1.29, 1.82) is 0 Å². The quantitative estimate of drug-likeness (QED) is 0.816. The summed E-state index contributed by atoms with van der Waals surface area (Å²) in [4.78, 5) is 0.509. The van der Waals surface area contributed by atoms with Crippen LogP contribution in [-0.4, -0.2) is 41.0 Å². The third-order valence-electron chi connectivity index (χ3n) is 3.30. The zero-order valence-electron chi connectivity index (χ0n) is 10.6. The number of benzene rings is 1. The molecule has 0 fully saturated rings. The summed E-state index contributed by atoms with van der Waals surface area (Å²) in [5.74, 6) is 0.530. The average Bonchev–Trinajstić information content (AvgIpc) is 2.37. The SMILES string of the molecule is COCCNCC1CCS(=O)(=O)c2ccccc21. The first-order chi connectivity index (χ1) is 8.65. The molecule has 0 amide bonds. The molecule has 0 bridgehead atoms. The van der Waals surface area contributed by atoms with E-state index in [2.05, 4.69) is 5.32 Å². The minimum atomic E-state index is -3.06. The summed E-state index contributed by atoms with van der Waals surface area (Å²) in [5.41, 5.74) is 0.952. The van der Waals surface area contributed by atoms with Crippen molar-refractivity contribution >= 4 is 9.84 Å². The van der Waals surface area contributed by atoms with E-state index in [9.17, 15) is 8.42 Å². The molecule has 1 aliphatic heterocycles. The van der Waals surface area contributed by atoms with Crippen molar-refractivity contribution in [3.63, 3.8) is 0 Å². The van der Waals surface area contributed by atoms with Gasteiger partial charge >= 0.3 is 0 Å². The maximum Gasteiger partial charge on any atom is 0.178 e. The van der Waals surface area contributed by atoms with Gasteiger partial charge in [-0.15, -0.1) is 0 Å². The number of hydrogen-bond acceptors (Lipinski definition) is 4. The van der Waals surface area contributed by atoms with Crippen molar-refractivity contribution < 1.29 is 13.2 Å². The van der Waals surface area contributed by atoms with Crippen molar-refractivity contribution in [3.05, 3.63) is 29.8 Å². The number of ether oxygens (including phenoxy) is 1. The van der Waals surface area contributed by atoms with Crippen LogP contribution in [0.3, 0.4) is 0 Å². The molecule has 0 radical (unpaired) electrons. The fraction of sp³-hybridized carbons (Fsp3) is 0.538. The van der Waals surface area contributed by atoms with Gasteiger partial charge in [0.25, 0.3) is 0 Å². The molecule has 1 heterocycles. The molecule has 2 rings (SSSR count). The van der Waals surface area contributed by atoms with E-state index in [-0.39, 0.29) is 11.7 Å². The standard InChI is InChI=1S/C13H19NO3S/c1-17-8-7-14-10-11-6-9-18(15,16)13-5-3-2-4-12(11)13/h2-5,11,14H,6-10H2,1H3. The van der Waals surface area contributed by atoms with Crippen LogP contribution in [0.2, 0.25) is 0 Å². The van der Waals surface area contributed by atoms with Crippen LogP contribution >= 0.6 is 0 Å². The zero-order chi connectivity index (χ0) is 13.0. The maximum atomic E-state index is 12.0. The van der Waals surface area contributed by atoms with Gasteiger partial charge in [0.2, 0.25) is 0 Å². The van der Waals surface area contributed by atoms with Crippen molar-refractivity contribution in [1.82, 2.24) is 5.32 Å². The Labute approximate surface area is 108 Å². The molecule has 0 spiro atoms. The highest BCUT2D eigenvalue weighted by molar-refractivity contribution is 7.91. The van der Waals surface area contributed by atoms with Gasteiger partial charge in [-0.3, -0.25) is 0 Å². The number of fused-ring (bicyclic) bond motifs is 1. The topological polar surface area (TPSA) is 55.4 Å². The van der Waals surface area contributed by atoms with Crippen molar-refractivity contribution in [2.24, 2.45) is 0 Å². The number of hydrogen-bond donors (Lipinski definition) is 1. The second-order valence-corrected chi connectivity index (χ2v) is 6.62. The summed E-state index contributed by atoms with van der Waals surface area (Å²) in [6, 6.07) is 7.33. The Hall–Kier alpha value is -0.910. The first-order valence-electron chi connectivity index (χ1n) is 6.16. The highest BCUT2D eigenvalue weighted by atomic mass is 32.2. The lowest BCUT2D eigenvalue weighted by molar-refractivity contribution is 0.199. The molecule has 1 N–H and O–H groups in total. The Kier molecular flexibility index (Phi) is 4.37. The van der Waals surface area contributed by atoms with E-state index in [0.717, 1.165) is 18.7 Å².